The normalized spacial score (nSPS) is 23.2. The third-order valence-electron chi connectivity index (χ3n) is 4.70. The van der Waals surface area contributed by atoms with Gasteiger partial charge in [0.05, 0.1) is 11.5 Å². The number of fused-ring (bicyclic) bond motifs is 1. The van der Waals surface area contributed by atoms with Crippen LogP contribution in [0.3, 0.4) is 0 Å². The maximum absolute atomic E-state index is 12.7. The fourth-order valence-corrected chi connectivity index (χ4v) is 3.54. The molecule has 0 bridgehead atoms. The van der Waals surface area contributed by atoms with E-state index in [1.165, 1.54) is 0 Å². The van der Waals surface area contributed by atoms with Crippen molar-refractivity contribution in [3.05, 3.63) is 60.4 Å². The van der Waals surface area contributed by atoms with E-state index in [0.29, 0.717) is 25.2 Å². The number of benzene rings is 1. The molecule has 0 spiro atoms. The number of carbonyl (C=O) groups excluding carboxylic acids is 2. The fraction of sp³-hybridized carbons (Fsp3) is 0.278. The highest BCUT2D eigenvalue weighted by Crippen LogP contribution is 2.35. The number of pyridine rings is 1. The second-order valence-corrected chi connectivity index (χ2v) is 6.10. The third kappa shape index (κ3) is 2.38. The topological polar surface area (TPSA) is 53.5 Å². The van der Waals surface area contributed by atoms with E-state index in [4.69, 9.17) is 0 Å². The van der Waals surface area contributed by atoms with Gasteiger partial charge in [-0.05, 0) is 24.3 Å². The van der Waals surface area contributed by atoms with E-state index in [9.17, 15) is 9.59 Å². The lowest BCUT2D eigenvalue weighted by Gasteiger charge is -2.22. The van der Waals surface area contributed by atoms with Gasteiger partial charge >= 0.3 is 0 Å². The SMILES string of the molecule is O=C(c1cccnc1)N1CC2CN(c3ccccc3)C(=O)C2C1. The molecule has 116 valence electrons. The van der Waals surface area contributed by atoms with Crippen molar-refractivity contribution in [2.24, 2.45) is 11.8 Å². The molecular formula is C18H17N3O2. The number of amides is 2. The maximum Gasteiger partial charge on any atom is 0.255 e. The van der Waals surface area contributed by atoms with E-state index in [1.807, 2.05) is 35.2 Å². The molecule has 2 aromatic rings. The number of aromatic nitrogens is 1. The highest BCUT2D eigenvalue weighted by molar-refractivity contribution is 6.00. The van der Waals surface area contributed by atoms with Crippen LogP contribution in [0.4, 0.5) is 5.69 Å². The average molecular weight is 307 g/mol. The molecule has 0 saturated carbocycles. The molecule has 2 aliphatic rings. The van der Waals surface area contributed by atoms with E-state index < -0.39 is 0 Å². The molecule has 23 heavy (non-hydrogen) atoms. The first-order valence-electron chi connectivity index (χ1n) is 7.80. The molecule has 5 nitrogen and oxygen atoms in total. The third-order valence-corrected chi connectivity index (χ3v) is 4.70. The quantitative estimate of drug-likeness (QED) is 0.850. The molecule has 5 heteroatoms. The number of rotatable bonds is 2. The Bertz CT molecular complexity index is 732. The van der Waals surface area contributed by atoms with Gasteiger partial charge < -0.3 is 9.80 Å². The summed E-state index contributed by atoms with van der Waals surface area (Å²) in [6.45, 7) is 1.82. The summed E-state index contributed by atoms with van der Waals surface area (Å²) >= 11 is 0. The Kier molecular flexibility index (Phi) is 3.33. The predicted molar refractivity (Wildman–Crippen MR) is 85.9 cm³/mol. The standard InChI is InChI=1S/C18H17N3O2/c22-17(13-5-4-8-19-9-13)20-10-14-11-21(18(23)16(14)12-20)15-6-2-1-3-7-15/h1-9,14,16H,10-12H2. The van der Waals surface area contributed by atoms with E-state index in [1.54, 1.807) is 29.4 Å². The van der Waals surface area contributed by atoms with Gasteiger partial charge in [0.1, 0.15) is 0 Å². The van der Waals surface area contributed by atoms with Crippen molar-refractivity contribution in [3.8, 4) is 0 Å². The van der Waals surface area contributed by atoms with Crippen molar-refractivity contribution in [3.63, 3.8) is 0 Å². The Morgan fingerprint density at radius 3 is 2.57 bits per heavy atom. The average Bonchev–Trinajstić information content (AvgIpc) is 3.16. The summed E-state index contributed by atoms with van der Waals surface area (Å²) in [5.74, 6) is 0.216. The number of hydrogen-bond donors (Lipinski definition) is 0. The van der Waals surface area contributed by atoms with Gasteiger partial charge in [0, 0.05) is 43.6 Å². The molecule has 2 unspecified atom stereocenters. The number of anilines is 1. The molecule has 1 aromatic carbocycles. The molecular weight excluding hydrogens is 290 g/mol. The van der Waals surface area contributed by atoms with Crippen molar-refractivity contribution in [1.29, 1.82) is 0 Å². The van der Waals surface area contributed by atoms with Crippen LogP contribution in [0.1, 0.15) is 10.4 Å². The van der Waals surface area contributed by atoms with Gasteiger partial charge in [-0.1, -0.05) is 18.2 Å². The molecule has 0 aliphatic carbocycles. The minimum Gasteiger partial charge on any atom is -0.337 e. The van der Waals surface area contributed by atoms with E-state index >= 15 is 0 Å². The lowest BCUT2D eigenvalue weighted by Crippen LogP contribution is -2.35. The van der Waals surface area contributed by atoms with Gasteiger partial charge in [0.25, 0.3) is 5.91 Å². The monoisotopic (exact) mass is 307 g/mol. The summed E-state index contributed by atoms with van der Waals surface area (Å²) < 4.78 is 0. The van der Waals surface area contributed by atoms with Crippen LogP contribution in [-0.2, 0) is 4.79 Å². The maximum atomic E-state index is 12.7. The number of nitrogens with zero attached hydrogens (tertiary/aromatic N) is 3. The van der Waals surface area contributed by atoms with Crippen LogP contribution in [0.5, 0.6) is 0 Å². The zero-order chi connectivity index (χ0) is 15.8. The van der Waals surface area contributed by atoms with Crippen molar-refractivity contribution < 1.29 is 9.59 Å². The van der Waals surface area contributed by atoms with Crippen molar-refractivity contribution in [2.45, 2.75) is 0 Å². The van der Waals surface area contributed by atoms with Crippen molar-refractivity contribution in [1.82, 2.24) is 9.88 Å². The Balaban J connectivity index is 1.49. The fourth-order valence-electron chi connectivity index (χ4n) is 3.54. The second-order valence-electron chi connectivity index (χ2n) is 6.10. The predicted octanol–water partition coefficient (Wildman–Crippen LogP) is 1.82. The molecule has 1 aromatic heterocycles. The zero-order valence-electron chi connectivity index (χ0n) is 12.6. The van der Waals surface area contributed by atoms with Gasteiger partial charge in [0.15, 0.2) is 0 Å². The van der Waals surface area contributed by atoms with Gasteiger partial charge in [-0.2, -0.15) is 0 Å². The van der Waals surface area contributed by atoms with Crippen LogP contribution in [0.25, 0.3) is 0 Å². The molecule has 0 N–H and O–H groups in total. The highest BCUT2D eigenvalue weighted by Gasteiger charge is 2.47. The van der Waals surface area contributed by atoms with Crippen LogP contribution >= 0.6 is 0 Å². The zero-order valence-corrected chi connectivity index (χ0v) is 12.6. The second kappa shape index (κ2) is 5.50. The Morgan fingerprint density at radius 1 is 1.04 bits per heavy atom. The molecule has 2 aliphatic heterocycles. The summed E-state index contributed by atoms with van der Waals surface area (Å²) in [6.07, 6.45) is 3.23. The number of para-hydroxylation sites is 1. The highest BCUT2D eigenvalue weighted by atomic mass is 16.2. The first-order chi connectivity index (χ1) is 11.2. The minimum absolute atomic E-state index is 0.0356. The van der Waals surface area contributed by atoms with E-state index in [2.05, 4.69) is 4.98 Å². The van der Waals surface area contributed by atoms with Crippen LogP contribution < -0.4 is 4.90 Å². The summed E-state index contributed by atoms with van der Waals surface area (Å²) in [5.41, 5.74) is 1.52. The first-order valence-corrected chi connectivity index (χ1v) is 7.80. The largest absolute Gasteiger partial charge is 0.337 e. The minimum atomic E-state index is -0.0872. The summed E-state index contributed by atoms with van der Waals surface area (Å²) in [7, 11) is 0. The summed E-state index contributed by atoms with van der Waals surface area (Å²) in [4.78, 5) is 32.8. The summed E-state index contributed by atoms with van der Waals surface area (Å²) in [5, 5.41) is 0. The van der Waals surface area contributed by atoms with Crippen LogP contribution in [0, 0.1) is 11.8 Å². The van der Waals surface area contributed by atoms with Crippen LogP contribution in [0.15, 0.2) is 54.9 Å². The lowest BCUT2D eigenvalue weighted by molar-refractivity contribution is -0.120. The Labute approximate surface area is 134 Å². The molecule has 4 rings (SSSR count). The van der Waals surface area contributed by atoms with Gasteiger partial charge in [-0.3, -0.25) is 14.6 Å². The molecule has 2 amide bonds. The van der Waals surface area contributed by atoms with Crippen molar-refractivity contribution >= 4 is 17.5 Å². The molecule has 3 heterocycles. The lowest BCUT2D eigenvalue weighted by atomic mass is 10.0. The van der Waals surface area contributed by atoms with Crippen molar-refractivity contribution in [2.75, 3.05) is 24.5 Å². The smallest absolute Gasteiger partial charge is 0.255 e. The number of likely N-dealkylation sites (tertiary alicyclic amines) is 1. The molecule has 2 saturated heterocycles. The Morgan fingerprint density at radius 2 is 1.87 bits per heavy atom. The molecule has 2 atom stereocenters. The molecule has 0 radical (unpaired) electrons. The van der Waals surface area contributed by atoms with Gasteiger partial charge in [0.2, 0.25) is 5.91 Å². The van der Waals surface area contributed by atoms with Crippen LogP contribution in [0.2, 0.25) is 0 Å². The molecule has 2 fully saturated rings. The summed E-state index contributed by atoms with van der Waals surface area (Å²) in [6, 6.07) is 13.3. The first kappa shape index (κ1) is 13.9. The van der Waals surface area contributed by atoms with E-state index in [-0.39, 0.29) is 23.7 Å². The van der Waals surface area contributed by atoms with Gasteiger partial charge in [-0.25, -0.2) is 0 Å². The number of carbonyl (C=O) groups is 2. The van der Waals surface area contributed by atoms with Crippen LogP contribution in [-0.4, -0.2) is 41.3 Å². The Hall–Kier alpha value is -2.69. The van der Waals surface area contributed by atoms with Gasteiger partial charge in [-0.15, -0.1) is 0 Å². The number of hydrogen-bond acceptors (Lipinski definition) is 3. The van der Waals surface area contributed by atoms with E-state index in [0.717, 1.165) is 5.69 Å².